The second-order valence-electron chi connectivity index (χ2n) is 4.82. The van der Waals surface area contributed by atoms with Crippen LogP contribution in [0.5, 0.6) is 11.5 Å². The Hall–Kier alpha value is -3.09. The molecule has 0 spiro atoms. The number of halogens is 1. The monoisotopic (exact) mass is 332 g/mol. The molecule has 0 aliphatic carbocycles. The van der Waals surface area contributed by atoms with E-state index in [9.17, 15) is 14.0 Å². The zero-order valence-corrected chi connectivity index (χ0v) is 13.3. The van der Waals surface area contributed by atoms with Crippen LogP contribution in [-0.2, 0) is 9.59 Å². The summed E-state index contributed by atoms with van der Waals surface area (Å²) in [5.74, 6) is -0.737. The average molecular weight is 332 g/mol. The highest BCUT2D eigenvalue weighted by molar-refractivity contribution is 6.08. The molecule has 2 amide bonds. The molecule has 0 unspecified atom stereocenters. The number of carbonyl (C=O) groups is 2. The molecule has 126 valence electrons. The van der Waals surface area contributed by atoms with E-state index in [4.69, 9.17) is 9.47 Å². The summed E-state index contributed by atoms with van der Waals surface area (Å²) in [7, 11) is 2.98. The Kier molecular flexibility index (Phi) is 5.73. The normalized spacial score (nSPS) is 9.96. The number of methoxy groups -OCH3 is 2. The summed E-state index contributed by atoms with van der Waals surface area (Å²) in [6.45, 7) is 0. The molecule has 0 atom stereocenters. The van der Waals surface area contributed by atoms with Gasteiger partial charge >= 0.3 is 0 Å². The molecule has 0 heterocycles. The van der Waals surface area contributed by atoms with E-state index in [1.54, 1.807) is 24.3 Å². The highest BCUT2D eigenvalue weighted by Crippen LogP contribution is 2.29. The first-order chi connectivity index (χ1) is 11.5. The third-order valence-corrected chi connectivity index (χ3v) is 3.14. The Balaban J connectivity index is 1.95. The smallest absolute Gasteiger partial charge is 0.233 e. The Morgan fingerprint density at radius 1 is 0.958 bits per heavy atom. The van der Waals surface area contributed by atoms with E-state index in [1.165, 1.54) is 32.4 Å². The number of ether oxygens (including phenoxy) is 2. The fourth-order valence-corrected chi connectivity index (χ4v) is 2.02. The molecular formula is C17H17FN2O4. The van der Waals surface area contributed by atoms with E-state index in [0.717, 1.165) is 0 Å². The lowest BCUT2D eigenvalue weighted by Crippen LogP contribution is -2.21. The first-order valence-corrected chi connectivity index (χ1v) is 7.09. The van der Waals surface area contributed by atoms with Gasteiger partial charge in [-0.15, -0.1) is 0 Å². The van der Waals surface area contributed by atoms with Crippen molar-refractivity contribution in [1.82, 2.24) is 0 Å². The number of carbonyl (C=O) groups excluding carboxylic acids is 2. The van der Waals surface area contributed by atoms with Gasteiger partial charge in [-0.3, -0.25) is 9.59 Å². The van der Waals surface area contributed by atoms with Gasteiger partial charge in [-0.2, -0.15) is 0 Å². The van der Waals surface area contributed by atoms with Crippen LogP contribution in [0.4, 0.5) is 15.8 Å². The van der Waals surface area contributed by atoms with Gasteiger partial charge in [0.2, 0.25) is 11.8 Å². The number of rotatable bonds is 6. The van der Waals surface area contributed by atoms with E-state index in [2.05, 4.69) is 10.6 Å². The van der Waals surface area contributed by atoms with Crippen molar-refractivity contribution in [2.75, 3.05) is 24.9 Å². The summed E-state index contributed by atoms with van der Waals surface area (Å²) in [4.78, 5) is 23.7. The largest absolute Gasteiger partial charge is 0.493 e. The maximum absolute atomic E-state index is 13.4. The molecule has 7 heteroatoms. The molecule has 0 aromatic heterocycles. The van der Waals surface area contributed by atoms with E-state index in [-0.39, 0.29) is 5.69 Å². The van der Waals surface area contributed by atoms with Crippen LogP contribution in [0.15, 0.2) is 42.5 Å². The predicted octanol–water partition coefficient (Wildman–Crippen LogP) is 2.81. The maximum atomic E-state index is 13.4. The molecule has 0 bridgehead atoms. The number of amides is 2. The van der Waals surface area contributed by atoms with Crippen LogP contribution in [0.1, 0.15) is 6.42 Å². The summed E-state index contributed by atoms with van der Waals surface area (Å²) < 4.78 is 23.7. The van der Waals surface area contributed by atoms with E-state index in [1.807, 2.05) is 0 Å². The van der Waals surface area contributed by atoms with Gasteiger partial charge in [0.25, 0.3) is 0 Å². The van der Waals surface area contributed by atoms with Crippen LogP contribution in [-0.4, -0.2) is 26.0 Å². The SMILES string of the molecule is COc1ccc(NC(=O)CC(=O)Nc2ccccc2F)cc1OC. The van der Waals surface area contributed by atoms with Crippen molar-refractivity contribution in [2.45, 2.75) is 6.42 Å². The molecule has 0 saturated heterocycles. The fraction of sp³-hybridized carbons (Fsp3) is 0.176. The first-order valence-electron chi connectivity index (χ1n) is 7.09. The lowest BCUT2D eigenvalue weighted by molar-refractivity contribution is -0.123. The molecule has 0 radical (unpaired) electrons. The van der Waals surface area contributed by atoms with Gasteiger partial charge < -0.3 is 20.1 Å². The van der Waals surface area contributed by atoms with Crippen LogP contribution >= 0.6 is 0 Å². The Morgan fingerprint density at radius 2 is 1.62 bits per heavy atom. The van der Waals surface area contributed by atoms with Crippen molar-refractivity contribution in [3.63, 3.8) is 0 Å². The van der Waals surface area contributed by atoms with Crippen molar-refractivity contribution in [3.8, 4) is 11.5 Å². The van der Waals surface area contributed by atoms with Crippen LogP contribution in [0, 0.1) is 5.82 Å². The minimum absolute atomic E-state index is 0.0291. The summed E-state index contributed by atoms with van der Waals surface area (Å²) in [5.41, 5.74) is 0.484. The van der Waals surface area contributed by atoms with Crippen LogP contribution in [0.25, 0.3) is 0 Å². The van der Waals surface area contributed by atoms with Crippen LogP contribution < -0.4 is 20.1 Å². The summed E-state index contributed by atoms with van der Waals surface area (Å²) in [6, 6.07) is 10.6. The molecule has 0 saturated carbocycles. The van der Waals surface area contributed by atoms with Gasteiger partial charge in [0.05, 0.1) is 19.9 Å². The minimum Gasteiger partial charge on any atom is -0.493 e. The topological polar surface area (TPSA) is 76.7 Å². The first kappa shape index (κ1) is 17.3. The number of hydrogen-bond acceptors (Lipinski definition) is 4. The molecule has 2 aromatic carbocycles. The summed E-state index contributed by atoms with van der Waals surface area (Å²) >= 11 is 0. The zero-order chi connectivity index (χ0) is 17.5. The summed E-state index contributed by atoms with van der Waals surface area (Å²) in [6.07, 6.45) is -0.442. The van der Waals surface area contributed by atoms with Crippen molar-refractivity contribution in [1.29, 1.82) is 0 Å². The predicted molar refractivity (Wildman–Crippen MR) is 87.8 cm³/mol. The van der Waals surface area contributed by atoms with Gasteiger partial charge in [-0.25, -0.2) is 4.39 Å². The molecule has 2 aromatic rings. The van der Waals surface area contributed by atoms with Gasteiger partial charge in [0.15, 0.2) is 11.5 Å². The lowest BCUT2D eigenvalue weighted by atomic mass is 10.2. The molecule has 2 rings (SSSR count). The van der Waals surface area contributed by atoms with Crippen molar-refractivity contribution in [2.24, 2.45) is 0 Å². The number of hydrogen-bond donors (Lipinski definition) is 2. The molecule has 0 fully saturated rings. The number of anilines is 2. The molecular weight excluding hydrogens is 315 g/mol. The molecule has 0 aliphatic rings. The third-order valence-electron chi connectivity index (χ3n) is 3.14. The average Bonchev–Trinajstić information content (AvgIpc) is 2.56. The molecule has 2 N–H and O–H groups in total. The lowest BCUT2D eigenvalue weighted by Gasteiger charge is -2.11. The summed E-state index contributed by atoms with van der Waals surface area (Å²) in [5, 5.41) is 4.92. The van der Waals surface area contributed by atoms with Gasteiger partial charge in [0, 0.05) is 11.8 Å². The minimum atomic E-state index is -0.613. The Morgan fingerprint density at radius 3 is 2.29 bits per heavy atom. The highest BCUT2D eigenvalue weighted by atomic mass is 19.1. The number of benzene rings is 2. The second-order valence-corrected chi connectivity index (χ2v) is 4.82. The van der Waals surface area contributed by atoms with E-state index >= 15 is 0 Å². The number of para-hydroxylation sites is 1. The van der Waals surface area contributed by atoms with Gasteiger partial charge in [-0.05, 0) is 24.3 Å². The zero-order valence-electron chi connectivity index (χ0n) is 13.3. The quantitative estimate of drug-likeness (QED) is 0.798. The highest BCUT2D eigenvalue weighted by Gasteiger charge is 2.13. The third kappa shape index (κ3) is 4.45. The Labute approximate surface area is 138 Å². The van der Waals surface area contributed by atoms with Gasteiger partial charge in [-0.1, -0.05) is 12.1 Å². The second kappa shape index (κ2) is 7.96. The van der Waals surface area contributed by atoms with E-state index < -0.39 is 24.1 Å². The van der Waals surface area contributed by atoms with Crippen molar-refractivity contribution >= 4 is 23.2 Å². The molecule has 24 heavy (non-hydrogen) atoms. The number of nitrogens with one attached hydrogen (secondary N) is 2. The Bertz CT molecular complexity index is 749. The van der Waals surface area contributed by atoms with Crippen molar-refractivity contribution in [3.05, 3.63) is 48.3 Å². The fourth-order valence-electron chi connectivity index (χ4n) is 2.02. The van der Waals surface area contributed by atoms with Gasteiger partial charge in [0.1, 0.15) is 12.2 Å². The van der Waals surface area contributed by atoms with Crippen LogP contribution in [0.2, 0.25) is 0 Å². The van der Waals surface area contributed by atoms with Crippen molar-refractivity contribution < 1.29 is 23.5 Å². The van der Waals surface area contributed by atoms with Crippen LogP contribution in [0.3, 0.4) is 0 Å². The molecule has 6 nitrogen and oxygen atoms in total. The van der Waals surface area contributed by atoms with E-state index in [0.29, 0.717) is 17.2 Å². The maximum Gasteiger partial charge on any atom is 0.233 e. The standard InChI is InChI=1S/C17H17FN2O4/c1-23-14-8-7-11(9-15(14)24-2)19-16(21)10-17(22)20-13-6-4-3-5-12(13)18/h3-9H,10H2,1-2H3,(H,19,21)(H,20,22). The molecule has 0 aliphatic heterocycles.